The summed E-state index contributed by atoms with van der Waals surface area (Å²) in [5.41, 5.74) is 1.91. The number of nitriles is 1. The molecule has 1 fully saturated rings. The van der Waals surface area contributed by atoms with Crippen LogP contribution >= 0.6 is 34.4 Å². The molecule has 6 N–H and O–H groups in total. The summed E-state index contributed by atoms with van der Waals surface area (Å²) in [6.45, 7) is 0.455. The van der Waals surface area contributed by atoms with Crippen molar-refractivity contribution in [2.45, 2.75) is 23.6 Å². The second kappa shape index (κ2) is 13.5. The monoisotopic (exact) mass is 733 g/mol. The molecule has 3 atom stereocenters. The number of aromatic nitrogens is 2. The van der Waals surface area contributed by atoms with Gasteiger partial charge in [0.25, 0.3) is 16.6 Å². The zero-order chi connectivity index (χ0) is 35.7. The molecule has 254 valence electrons. The van der Waals surface area contributed by atoms with Crippen molar-refractivity contribution in [3.63, 3.8) is 0 Å². The molecule has 0 saturated carbocycles. The van der Waals surface area contributed by atoms with E-state index in [1.54, 1.807) is 29.6 Å². The largest absolute Gasteiger partial charge is 0.543 e. The molecule has 1 aromatic carbocycles. The Labute approximate surface area is 293 Å². The van der Waals surface area contributed by atoms with Crippen molar-refractivity contribution in [3.05, 3.63) is 87.5 Å². The van der Waals surface area contributed by atoms with Gasteiger partial charge in [-0.3, -0.25) is 14.5 Å². The van der Waals surface area contributed by atoms with Gasteiger partial charge >= 0.3 is 11.6 Å². The van der Waals surface area contributed by atoms with Crippen LogP contribution < -0.4 is 20.7 Å². The number of rotatable bonds is 11. The summed E-state index contributed by atoms with van der Waals surface area (Å²) >= 11 is 3.65. The van der Waals surface area contributed by atoms with E-state index in [-0.39, 0.29) is 22.3 Å². The summed E-state index contributed by atoms with van der Waals surface area (Å²) in [4.78, 5) is 62.3. The third-order valence-corrected chi connectivity index (χ3v) is 10.7. The molecule has 1 saturated heterocycles. The Hall–Kier alpha value is -5.97. The van der Waals surface area contributed by atoms with Crippen molar-refractivity contribution in [1.29, 1.82) is 5.26 Å². The number of aliphatic carboxylic acids is 2. The van der Waals surface area contributed by atoms with Crippen LogP contribution in [0.5, 0.6) is 11.5 Å². The van der Waals surface area contributed by atoms with Gasteiger partial charge in [-0.2, -0.15) is 9.83 Å². The van der Waals surface area contributed by atoms with Crippen LogP contribution in [0.25, 0.3) is 10.2 Å². The number of thioether (sulfide) groups is 1. The highest BCUT2D eigenvalue weighted by molar-refractivity contribution is 8.00. The van der Waals surface area contributed by atoms with E-state index in [0.29, 0.717) is 18.3 Å². The second-order valence-corrected chi connectivity index (χ2v) is 13.6. The highest BCUT2D eigenvalue weighted by atomic mass is 32.2. The van der Waals surface area contributed by atoms with Gasteiger partial charge in [-0.05, 0) is 41.3 Å². The van der Waals surface area contributed by atoms with Crippen LogP contribution in [0.2, 0.25) is 0 Å². The summed E-state index contributed by atoms with van der Waals surface area (Å²) in [5.74, 6) is -6.43. The summed E-state index contributed by atoms with van der Waals surface area (Å²) < 4.78 is 2.01. The molecule has 2 aliphatic heterocycles. The predicted octanol–water partition coefficient (Wildman–Crippen LogP) is 0.501. The highest BCUT2D eigenvalue weighted by Crippen LogP contribution is 2.42. The van der Waals surface area contributed by atoms with Gasteiger partial charge in [0, 0.05) is 22.8 Å². The number of thiazole rings is 1. The Bertz CT molecular complexity index is 2210. The van der Waals surface area contributed by atoms with Gasteiger partial charge in [-0.25, -0.2) is 9.78 Å². The molecule has 6 rings (SSSR count). The molecular formula is C31H23N7O9S3. The molecule has 0 radical (unpaired) electrons. The number of phenolic OH excluding ortho intramolecular Hbond substituents is 2. The fraction of sp³-hybridized carbons (Fsp3) is 0.161. The minimum Gasteiger partial charge on any atom is -0.543 e. The van der Waals surface area contributed by atoms with E-state index in [4.69, 9.17) is 10.6 Å². The molecular weight excluding hydrogens is 711 g/mol. The van der Waals surface area contributed by atoms with Crippen molar-refractivity contribution in [3.8, 4) is 17.6 Å². The number of hydrogen-bond acceptors (Lipinski definition) is 15. The van der Waals surface area contributed by atoms with Gasteiger partial charge in [0.1, 0.15) is 29.4 Å². The Morgan fingerprint density at radius 1 is 1.30 bits per heavy atom. The van der Waals surface area contributed by atoms with E-state index < -0.39 is 63.4 Å². The van der Waals surface area contributed by atoms with E-state index in [0.717, 1.165) is 38.6 Å². The summed E-state index contributed by atoms with van der Waals surface area (Å²) in [6.07, 6.45) is 5.88. The van der Waals surface area contributed by atoms with Gasteiger partial charge in [-0.1, -0.05) is 22.6 Å². The first kappa shape index (κ1) is 33.9. The average molecular weight is 734 g/mol. The number of carbonyl (C=O) groups excluding carboxylic acids is 3. The molecule has 3 aromatic heterocycles. The number of carboxylic acids is 2. The van der Waals surface area contributed by atoms with E-state index in [1.165, 1.54) is 17.1 Å². The quantitative estimate of drug-likeness (QED) is 0.0463. The number of allylic oxidation sites excluding steroid dienone is 2. The lowest BCUT2D eigenvalue weighted by atomic mass is 9.89. The van der Waals surface area contributed by atoms with Crippen LogP contribution in [0, 0.1) is 11.3 Å². The molecule has 16 nitrogen and oxygen atoms in total. The smallest absolute Gasteiger partial charge is 0.362 e. The lowest BCUT2D eigenvalue weighted by Gasteiger charge is -2.50. The van der Waals surface area contributed by atoms with Gasteiger partial charge in [0.05, 0.1) is 22.6 Å². The Morgan fingerprint density at radius 2 is 2.10 bits per heavy atom. The fourth-order valence-corrected chi connectivity index (χ4v) is 8.23. The number of benzene rings is 1. The Balaban J connectivity index is 1.18. The zero-order valence-corrected chi connectivity index (χ0v) is 27.7. The van der Waals surface area contributed by atoms with Crippen LogP contribution in [0.15, 0.2) is 75.9 Å². The standard InChI is InChI=1S/C31H23N7O9S3/c32-11-17-9-18(10-19(39)24(17)41)31(29(45)46,20-14-50-30(33)35-20)47-34-12-21(40)36-22-25(42)38-23(28(43)44)16(13-49-27(22)38)4-2-7-37-6-1-3-15-5-8-48-26(15)37/h1-6,8-10,12,14,22,27H,7,13H2,(H6-,33,34,35,36,39,40,41,43,44,45,46). The van der Waals surface area contributed by atoms with Gasteiger partial charge in [0.2, 0.25) is 0 Å². The molecule has 4 aromatic rings. The SMILES string of the molecule is N#Cc1cc(C(ON=CC(=O)NC2C(=O)N3C(C(=O)[O-])=C(C=CC[n+]4cccc5ccsc54)CSC23)(C(=O)O)c2csc(N)n2)cc(O)c1O. The van der Waals surface area contributed by atoms with Crippen molar-refractivity contribution in [2.75, 3.05) is 11.5 Å². The summed E-state index contributed by atoms with van der Waals surface area (Å²) in [6, 6.07) is 8.13. The second-order valence-electron chi connectivity index (χ2n) is 10.7. The van der Waals surface area contributed by atoms with Crippen molar-refractivity contribution in [2.24, 2.45) is 5.16 Å². The number of carbonyl (C=O) groups is 4. The number of aromatic hydroxyl groups is 2. The lowest BCUT2D eigenvalue weighted by molar-refractivity contribution is -0.658. The number of thiophene rings is 1. The molecule has 0 bridgehead atoms. The topological polar surface area (TPSA) is 255 Å². The third-order valence-electron chi connectivity index (χ3n) is 7.75. The van der Waals surface area contributed by atoms with Crippen molar-refractivity contribution in [1.82, 2.24) is 15.2 Å². The molecule has 2 amide bonds. The number of nitrogens with zero attached hydrogens (tertiary/aromatic N) is 5. The number of phenols is 2. The summed E-state index contributed by atoms with van der Waals surface area (Å²) in [5, 5.41) is 61.4. The van der Waals surface area contributed by atoms with Crippen LogP contribution in [0.3, 0.4) is 0 Å². The number of nitrogens with one attached hydrogen (secondary N) is 1. The van der Waals surface area contributed by atoms with Crippen LogP contribution in [0.4, 0.5) is 5.13 Å². The van der Waals surface area contributed by atoms with Crippen molar-refractivity contribution < 1.29 is 49.0 Å². The molecule has 0 aliphatic carbocycles. The number of nitrogen functional groups attached to an aromatic ring is 1. The average Bonchev–Trinajstić information content (AvgIpc) is 3.76. The highest BCUT2D eigenvalue weighted by Gasteiger charge is 2.53. The molecule has 5 heterocycles. The van der Waals surface area contributed by atoms with E-state index in [1.807, 2.05) is 34.3 Å². The molecule has 50 heavy (non-hydrogen) atoms. The molecule has 0 spiro atoms. The van der Waals surface area contributed by atoms with E-state index >= 15 is 0 Å². The number of pyridine rings is 1. The van der Waals surface area contributed by atoms with Gasteiger partial charge < -0.3 is 41.1 Å². The minimum atomic E-state index is -2.66. The maximum atomic E-state index is 13.1. The minimum absolute atomic E-state index is 0.0592. The normalized spacial score (nSPS) is 18.5. The number of carboxylic acid groups (broad SMARTS) is 2. The van der Waals surface area contributed by atoms with Gasteiger partial charge in [-0.15, -0.1) is 23.1 Å². The first-order valence-corrected chi connectivity index (χ1v) is 17.1. The molecule has 19 heteroatoms. The number of amides is 2. The summed E-state index contributed by atoms with van der Waals surface area (Å²) in [7, 11) is 0. The lowest BCUT2D eigenvalue weighted by Crippen LogP contribution is -2.71. The van der Waals surface area contributed by atoms with Crippen LogP contribution in [-0.2, 0) is 36.2 Å². The van der Waals surface area contributed by atoms with Crippen LogP contribution in [0.1, 0.15) is 16.8 Å². The number of β-lactam (4-membered cyclic amide) rings is 1. The number of anilines is 1. The maximum Gasteiger partial charge on any atom is 0.362 e. The number of oxime groups is 1. The first-order valence-electron chi connectivity index (χ1n) is 14.3. The number of fused-ring (bicyclic) bond motifs is 2. The Kier molecular flexibility index (Phi) is 9.16. The number of nitrogens with two attached hydrogens (primary N) is 1. The molecule has 2 aliphatic rings. The first-order chi connectivity index (χ1) is 24.0. The van der Waals surface area contributed by atoms with E-state index in [2.05, 4.69) is 15.5 Å². The predicted molar refractivity (Wildman–Crippen MR) is 177 cm³/mol. The van der Waals surface area contributed by atoms with Crippen LogP contribution in [-0.4, -0.2) is 72.3 Å². The third kappa shape index (κ3) is 5.95. The Morgan fingerprint density at radius 3 is 2.80 bits per heavy atom. The van der Waals surface area contributed by atoms with Crippen molar-refractivity contribution >= 4 is 79.8 Å². The molecule has 3 unspecified atom stereocenters. The van der Waals surface area contributed by atoms with Gasteiger partial charge in [0.15, 0.2) is 29.4 Å². The number of hydrogen-bond donors (Lipinski definition) is 5. The fourth-order valence-electron chi connectivity index (χ4n) is 5.42. The zero-order valence-electron chi connectivity index (χ0n) is 25.2. The van der Waals surface area contributed by atoms with E-state index in [9.17, 15) is 44.9 Å². The maximum absolute atomic E-state index is 13.1.